The van der Waals surface area contributed by atoms with Crippen LogP contribution >= 0.6 is 0 Å². The first-order chi connectivity index (χ1) is 5.86. The molecule has 1 radical (unpaired) electrons. The second kappa shape index (κ2) is 5.51. The molecule has 12 heavy (non-hydrogen) atoms. The number of hydrogen-bond donors (Lipinski definition) is 0. The molecular formula is C9H18NO2. The maximum atomic E-state index is 10.2. The molecule has 0 aromatic rings. The third-order valence-corrected chi connectivity index (χ3v) is 2.49. The van der Waals surface area contributed by atoms with Crippen molar-refractivity contribution in [1.82, 2.24) is 4.90 Å². The lowest BCUT2D eigenvalue weighted by molar-refractivity contribution is 0.0383. The summed E-state index contributed by atoms with van der Waals surface area (Å²) < 4.78 is 5.26. The van der Waals surface area contributed by atoms with Crippen LogP contribution in [0, 0.1) is 0 Å². The third kappa shape index (κ3) is 3.09. The van der Waals surface area contributed by atoms with E-state index in [4.69, 9.17) is 4.74 Å². The average Bonchev–Trinajstić information content (AvgIpc) is 2.15. The molecule has 1 rings (SSSR count). The minimum absolute atomic E-state index is 0.0597. The molecule has 0 bridgehead atoms. The highest BCUT2D eigenvalue weighted by molar-refractivity contribution is 4.71. The summed E-state index contributed by atoms with van der Waals surface area (Å²) in [5.74, 6) is 0. The Morgan fingerprint density at radius 3 is 2.58 bits per heavy atom. The minimum atomic E-state index is 0.0597. The number of piperidine rings is 1. The molecule has 0 spiro atoms. The average molecular weight is 172 g/mol. The normalized spacial score (nSPS) is 21.5. The Balaban J connectivity index is 2.09. The van der Waals surface area contributed by atoms with Crippen molar-refractivity contribution >= 4 is 0 Å². The molecule has 0 saturated carbocycles. The molecule has 0 unspecified atom stereocenters. The van der Waals surface area contributed by atoms with E-state index in [0.29, 0.717) is 6.10 Å². The zero-order valence-corrected chi connectivity index (χ0v) is 7.79. The van der Waals surface area contributed by atoms with Gasteiger partial charge in [0.1, 0.15) is 0 Å². The van der Waals surface area contributed by atoms with Crippen molar-refractivity contribution in [1.29, 1.82) is 0 Å². The van der Waals surface area contributed by atoms with Gasteiger partial charge in [-0.15, -0.1) is 0 Å². The van der Waals surface area contributed by atoms with E-state index < -0.39 is 0 Å². The Kier molecular flexibility index (Phi) is 4.58. The predicted octanol–water partition coefficient (Wildman–Crippen LogP) is 0.918. The van der Waals surface area contributed by atoms with Crippen LogP contribution in [0.5, 0.6) is 0 Å². The fraction of sp³-hybridized carbons (Fsp3) is 1.00. The summed E-state index contributed by atoms with van der Waals surface area (Å²) in [4.78, 5) is 2.35. The van der Waals surface area contributed by atoms with E-state index in [2.05, 4.69) is 4.90 Å². The van der Waals surface area contributed by atoms with Gasteiger partial charge in [0.2, 0.25) is 0 Å². The summed E-state index contributed by atoms with van der Waals surface area (Å²) in [6.07, 6.45) is 3.48. The first-order valence-electron chi connectivity index (χ1n) is 4.70. The van der Waals surface area contributed by atoms with Gasteiger partial charge in [-0.3, -0.25) is 0 Å². The topological polar surface area (TPSA) is 32.4 Å². The molecule has 71 valence electrons. The van der Waals surface area contributed by atoms with Crippen LogP contribution in [-0.2, 0) is 9.84 Å². The SMILES string of the molecule is COC1CCN(CCC[O])CC1. The lowest BCUT2D eigenvalue weighted by Gasteiger charge is -2.30. The molecule has 1 aliphatic heterocycles. The van der Waals surface area contributed by atoms with Crippen LogP contribution in [0.2, 0.25) is 0 Å². The van der Waals surface area contributed by atoms with Gasteiger partial charge in [0, 0.05) is 26.7 Å². The smallest absolute Gasteiger partial charge is 0.0834 e. The predicted molar refractivity (Wildman–Crippen MR) is 46.6 cm³/mol. The van der Waals surface area contributed by atoms with E-state index in [1.54, 1.807) is 7.11 Å². The van der Waals surface area contributed by atoms with Crippen LogP contribution in [0.15, 0.2) is 0 Å². The number of ether oxygens (including phenoxy) is 1. The molecule has 0 N–H and O–H groups in total. The van der Waals surface area contributed by atoms with Gasteiger partial charge in [0.05, 0.1) is 12.7 Å². The molecule has 1 heterocycles. The molecule has 3 nitrogen and oxygen atoms in total. The van der Waals surface area contributed by atoms with Gasteiger partial charge in [-0.25, -0.2) is 5.11 Å². The maximum Gasteiger partial charge on any atom is 0.0834 e. The highest BCUT2D eigenvalue weighted by Gasteiger charge is 2.17. The third-order valence-electron chi connectivity index (χ3n) is 2.49. The van der Waals surface area contributed by atoms with Gasteiger partial charge in [-0.2, -0.15) is 0 Å². The number of methoxy groups -OCH3 is 1. The summed E-state index contributed by atoms with van der Waals surface area (Å²) in [7, 11) is 1.78. The van der Waals surface area contributed by atoms with E-state index in [1.165, 1.54) is 0 Å². The minimum Gasteiger partial charge on any atom is -0.381 e. The van der Waals surface area contributed by atoms with E-state index in [9.17, 15) is 5.11 Å². The van der Waals surface area contributed by atoms with Crippen molar-refractivity contribution in [3.63, 3.8) is 0 Å². The number of nitrogens with zero attached hydrogens (tertiary/aromatic N) is 1. The molecule has 0 amide bonds. The van der Waals surface area contributed by atoms with Gasteiger partial charge in [-0.1, -0.05) is 0 Å². The summed E-state index contributed by atoms with van der Waals surface area (Å²) in [5, 5.41) is 10.2. The van der Waals surface area contributed by atoms with Crippen molar-refractivity contribution in [2.45, 2.75) is 25.4 Å². The van der Waals surface area contributed by atoms with Gasteiger partial charge >= 0.3 is 0 Å². The first-order valence-corrected chi connectivity index (χ1v) is 4.70. The molecule has 1 aliphatic rings. The monoisotopic (exact) mass is 172 g/mol. The van der Waals surface area contributed by atoms with E-state index >= 15 is 0 Å². The summed E-state index contributed by atoms with van der Waals surface area (Å²) in [6.45, 7) is 3.22. The fourth-order valence-electron chi connectivity index (χ4n) is 1.66. The second-order valence-corrected chi connectivity index (χ2v) is 3.33. The zero-order chi connectivity index (χ0) is 8.81. The number of likely N-dealkylation sites (tertiary alicyclic amines) is 1. The van der Waals surface area contributed by atoms with E-state index in [-0.39, 0.29) is 6.61 Å². The quantitative estimate of drug-likeness (QED) is 0.631. The van der Waals surface area contributed by atoms with Crippen LogP contribution < -0.4 is 0 Å². The Morgan fingerprint density at radius 2 is 2.08 bits per heavy atom. The molecular weight excluding hydrogens is 154 g/mol. The van der Waals surface area contributed by atoms with Crippen molar-refractivity contribution in [2.24, 2.45) is 0 Å². The molecule has 0 atom stereocenters. The van der Waals surface area contributed by atoms with Crippen LogP contribution in [-0.4, -0.2) is 44.4 Å². The molecule has 0 aliphatic carbocycles. The molecule has 1 saturated heterocycles. The van der Waals surface area contributed by atoms with Crippen LogP contribution in [0.3, 0.4) is 0 Å². The Morgan fingerprint density at radius 1 is 1.42 bits per heavy atom. The molecule has 1 fully saturated rings. The largest absolute Gasteiger partial charge is 0.381 e. The van der Waals surface area contributed by atoms with Gasteiger partial charge in [0.25, 0.3) is 0 Å². The van der Waals surface area contributed by atoms with Crippen LogP contribution in [0.25, 0.3) is 0 Å². The lowest BCUT2D eigenvalue weighted by Crippen LogP contribution is -2.37. The van der Waals surface area contributed by atoms with Gasteiger partial charge in [-0.05, 0) is 19.3 Å². The first kappa shape index (κ1) is 9.96. The summed E-state index contributed by atoms with van der Waals surface area (Å²) in [6, 6.07) is 0. The fourth-order valence-corrected chi connectivity index (χ4v) is 1.66. The van der Waals surface area contributed by atoms with Crippen molar-refractivity contribution < 1.29 is 9.84 Å². The Labute approximate surface area is 74.3 Å². The Hall–Kier alpha value is -0.120. The van der Waals surface area contributed by atoms with Crippen LogP contribution in [0.1, 0.15) is 19.3 Å². The van der Waals surface area contributed by atoms with E-state index in [1.807, 2.05) is 0 Å². The molecule has 0 aromatic heterocycles. The standard InChI is InChI=1S/C9H18NO2/c1-12-9-3-6-10(7-4-9)5-2-8-11/h9H,2-8H2,1H3. The number of rotatable bonds is 4. The Bertz CT molecular complexity index is 111. The lowest BCUT2D eigenvalue weighted by atomic mass is 10.1. The highest BCUT2D eigenvalue weighted by Crippen LogP contribution is 2.12. The van der Waals surface area contributed by atoms with Crippen molar-refractivity contribution in [3.05, 3.63) is 0 Å². The number of hydrogen-bond acceptors (Lipinski definition) is 2. The maximum absolute atomic E-state index is 10.2. The summed E-state index contributed by atoms with van der Waals surface area (Å²) in [5.41, 5.74) is 0. The van der Waals surface area contributed by atoms with E-state index in [0.717, 1.165) is 38.9 Å². The van der Waals surface area contributed by atoms with Gasteiger partial charge < -0.3 is 9.64 Å². The van der Waals surface area contributed by atoms with Crippen molar-refractivity contribution in [3.8, 4) is 0 Å². The van der Waals surface area contributed by atoms with Gasteiger partial charge in [0.15, 0.2) is 0 Å². The molecule has 3 heteroatoms. The van der Waals surface area contributed by atoms with Crippen molar-refractivity contribution in [2.75, 3.05) is 33.4 Å². The van der Waals surface area contributed by atoms with Crippen LogP contribution in [0.4, 0.5) is 0 Å². The summed E-state index contributed by atoms with van der Waals surface area (Å²) >= 11 is 0. The molecule has 0 aromatic carbocycles. The highest BCUT2D eigenvalue weighted by atomic mass is 16.5. The second-order valence-electron chi connectivity index (χ2n) is 3.33. The zero-order valence-electron chi connectivity index (χ0n) is 7.79.